The van der Waals surface area contributed by atoms with Crippen LogP contribution in [0, 0.1) is 5.92 Å². The number of nitrogens with one attached hydrogen (secondary N) is 1. The van der Waals surface area contributed by atoms with E-state index < -0.39 is 0 Å². The molecule has 22 heavy (non-hydrogen) atoms. The molecule has 3 aromatic rings. The lowest BCUT2D eigenvalue weighted by atomic mass is 9.89. The van der Waals surface area contributed by atoms with Crippen molar-refractivity contribution >= 4 is 27.4 Å². The van der Waals surface area contributed by atoms with Gasteiger partial charge in [-0.25, -0.2) is 15.0 Å². The van der Waals surface area contributed by atoms with Crippen molar-refractivity contribution in [1.29, 1.82) is 0 Å². The first kappa shape index (κ1) is 13.6. The minimum absolute atomic E-state index is 0.660. The van der Waals surface area contributed by atoms with Crippen LogP contribution in [0.3, 0.4) is 0 Å². The fraction of sp³-hybridized carbons (Fsp3) is 0.467. The second kappa shape index (κ2) is 5.31. The Morgan fingerprint density at radius 3 is 3.05 bits per heavy atom. The maximum Gasteiger partial charge on any atom is 0.143 e. The molecule has 7 heteroatoms. The van der Waals surface area contributed by atoms with Gasteiger partial charge >= 0.3 is 0 Å². The molecule has 0 unspecified atom stereocenters. The largest absolute Gasteiger partial charge is 0.352 e. The molecule has 1 aliphatic rings. The highest BCUT2D eigenvalue weighted by Crippen LogP contribution is 2.40. The number of aromatic nitrogens is 5. The third kappa shape index (κ3) is 2.25. The maximum absolute atomic E-state index is 4.55. The van der Waals surface area contributed by atoms with Crippen LogP contribution in [0.4, 0.5) is 5.82 Å². The van der Waals surface area contributed by atoms with Gasteiger partial charge in [0.25, 0.3) is 0 Å². The topological polar surface area (TPSA) is 70.6 Å². The van der Waals surface area contributed by atoms with E-state index >= 15 is 0 Å². The van der Waals surface area contributed by atoms with Crippen molar-refractivity contribution in [2.75, 3.05) is 11.9 Å². The number of anilines is 1. The molecule has 0 saturated carbocycles. The first-order valence-corrected chi connectivity index (χ1v) is 8.34. The van der Waals surface area contributed by atoms with E-state index in [4.69, 9.17) is 0 Å². The molecule has 1 aliphatic carbocycles. The Morgan fingerprint density at radius 2 is 2.23 bits per heavy atom. The van der Waals surface area contributed by atoms with Crippen LogP contribution in [0.25, 0.3) is 10.2 Å². The van der Waals surface area contributed by atoms with Crippen molar-refractivity contribution in [2.45, 2.75) is 32.7 Å². The molecule has 0 bridgehead atoms. The van der Waals surface area contributed by atoms with Gasteiger partial charge in [0.2, 0.25) is 0 Å². The van der Waals surface area contributed by atoms with Gasteiger partial charge in [0, 0.05) is 11.9 Å². The summed E-state index contributed by atoms with van der Waals surface area (Å²) in [6.45, 7) is 2.99. The third-order valence-electron chi connectivity index (χ3n) is 4.29. The highest BCUT2D eigenvalue weighted by molar-refractivity contribution is 7.19. The molecule has 0 radical (unpaired) electrons. The van der Waals surface area contributed by atoms with Crippen molar-refractivity contribution < 1.29 is 0 Å². The quantitative estimate of drug-likeness (QED) is 0.804. The summed E-state index contributed by atoms with van der Waals surface area (Å²) in [5.41, 5.74) is 1.46. The van der Waals surface area contributed by atoms with Crippen molar-refractivity contribution in [3.8, 4) is 0 Å². The van der Waals surface area contributed by atoms with E-state index in [0.29, 0.717) is 6.54 Å². The number of hydrogen-bond acceptors (Lipinski definition) is 6. The fourth-order valence-electron chi connectivity index (χ4n) is 3.15. The van der Waals surface area contributed by atoms with Gasteiger partial charge in [-0.05, 0) is 30.7 Å². The lowest BCUT2D eigenvalue weighted by Gasteiger charge is -2.21. The van der Waals surface area contributed by atoms with Crippen LogP contribution >= 0.6 is 11.3 Å². The van der Waals surface area contributed by atoms with Gasteiger partial charge in [-0.15, -0.1) is 11.3 Å². The molecule has 0 amide bonds. The Bertz CT molecular complexity index is 794. The van der Waals surface area contributed by atoms with E-state index in [2.05, 4.69) is 37.0 Å². The monoisotopic (exact) mass is 314 g/mol. The van der Waals surface area contributed by atoms with E-state index in [-0.39, 0.29) is 0 Å². The molecular formula is C15H18N6S. The molecule has 3 aromatic heterocycles. The summed E-state index contributed by atoms with van der Waals surface area (Å²) in [4.78, 5) is 18.0. The van der Waals surface area contributed by atoms with E-state index in [0.717, 1.165) is 28.8 Å². The molecule has 1 atom stereocenters. The maximum atomic E-state index is 4.55. The third-order valence-corrected chi connectivity index (χ3v) is 5.45. The smallest absolute Gasteiger partial charge is 0.143 e. The van der Waals surface area contributed by atoms with Gasteiger partial charge in [-0.2, -0.15) is 5.10 Å². The summed E-state index contributed by atoms with van der Waals surface area (Å²) in [7, 11) is 2.04. The van der Waals surface area contributed by atoms with Crippen LogP contribution in [-0.2, 0) is 19.4 Å². The molecular weight excluding hydrogens is 296 g/mol. The zero-order valence-electron chi connectivity index (χ0n) is 12.7. The van der Waals surface area contributed by atoms with Crippen LogP contribution in [0.2, 0.25) is 0 Å². The summed E-state index contributed by atoms with van der Waals surface area (Å²) in [5.74, 6) is 2.60. The van der Waals surface area contributed by atoms with Crippen molar-refractivity contribution in [1.82, 2.24) is 25.1 Å². The van der Waals surface area contributed by atoms with Crippen LogP contribution in [0.1, 0.15) is 29.6 Å². The highest BCUT2D eigenvalue weighted by Gasteiger charge is 2.24. The van der Waals surface area contributed by atoms with E-state index in [1.165, 1.54) is 35.0 Å². The average molecular weight is 314 g/mol. The van der Waals surface area contributed by atoms with Gasteiger partial charge in [-0.3, -0.25) is 5.10 Å². The minimum atomic E-state index is 0.660. The molecule has 3 heterocycles. The zero-order valence-corrected chi connectivity index (χ0v) is 13.5. The predicted octanol–water partition coefficient (Wildman–Crippen LogP) is 2.57. The van der Waals surface area contributed by atoms with Crippen LogP contribution in [0.5, 0.6) is 0 Å². The Kier molecular flexibility index (Phi) is 3.29. The number of rotatable bonds is 3. The Labute approximate surface area is 132 Å². The van der Waals surface area contributed by atoms with Crippen LogP contribution in [0.15, 0.2) is 12.7 Å². The molecule has 4 rings (SSSR count). The van der Waals surface area contributed by atoms with Gasteiger partial charge in [-0.1, -0.05) is 6.92 Å². The second-order valence-corrected chi connectivity index (χ2v) is 7.10. The standard InChI is InChI=1S/C15H18N6S/c1-9-3-4-10-11(5-9)22-15-13(10)14(17-7-18-15)21(2)6-12-16-8-19-20-12/h7-9H,3-6H2,1-2H3,(H,16,19,20)/t9-/m0/s1. The molecule has 0 aromatic carbocycles. The summed E-state index contributed by atoms with van der Waals surface area (Å²) in [6, 6.07) is 0. The molecule has 0 fully saturated rings. The number of H-pyrrole nitrogens is 1. The molecule has 0 saturated heterocycles. The van der Waals surface area contributed by atoms with Crippen molar-refractivity contribution in [2.24, 2.45) is 5.92 Å². The first-order chi connectivity index (χ1) is 10.7. The van der Waals surface area contributed by atoms with Gasteiger partial charge in [0.15, 0.2) is 0 Å². The van der Waals surface area contributed by atoms with Gasteiger partial charge < -0.3 is 4.90 Å². The minimum Gasteiger partial charge on any atom is -0.352 e. The lowest BCUT2D eigenvalue weighted by Crippen LogP contribution is -2.19. The van der Waals surface area contributed by atoms with Crippen molar-refractivity contribution in [3.63, 3.8) is 0 Å². The Hall–Kier alpha value is -2.02. The number of fused-ring (bicyclic) bond motifs is 3. The summed E-state index contributed by atoms with van der Waals surface area (Å²) in [6.07, 6.45) is 6.75. The van der Waals surface area contributed by atoms with Gasteiger partial charge in [0.1, 0.15) is 29.1 Å². The number of hydrogen-bond donors (Lipinski definition) is 1. The molecule has 114 valence electrons. The normalized spacial score (nSPS) is 17.6. The molecule has 0 aliphatic heterocycles. The van der Waals surface area contributed by atoms with E-state index in [9.17, 15) is 0 Å². The second-order valence-electron chi connectivity index (χ2n) is 6.02. The molecule has 1 N–H and O–H groups in total. The number of aryl methyl sites for hydroxylation is 1. The summed E-state index contributed by atoms with van der Waals surface area (Å²) in [5, 5.41) is 8.04. The summed E-state index contributed by atoms with van der Waals surface area (Å²) >= 11 is 1.83. The van der Waals surface area contributed by atoms with Crippen molar-refractivity contribution in [3.05, 3.63) is 28.9 Å². The number of nitrogens with zero attached hydrogens (tertiary/aromatic N) is 5. The average Bonchev–Trinajstić information content (AvgIpc) is 3.12. The number of thiophene rings is 1. The van der Waals surface area contributed by atoms with Crippen LogP contribution < -0.4 is 4.90 Å². The highest BCUT2D eigenvalue weighted by atomic mass is 32.1. The van der Waals surface area contributed by atoms with E-state index in [1.54, 1.807) is 6.33 Å². The molecule has 0 spiro atoms. The molecule has 6 nitrogen and oxygen atoms in total. The Morgan fingerprint density at radius 1 is 1.32 bits per heavy atom. The first-order valence-electron chi connectivity index (χ1n) is 7.53. The SMILES string of the molecule is C[C@H]1CCc2c(sc3ncnc(N(C)Cc4ncn[nH]4)c23)C1. The van der Waals surface area contributed by atoms with Crippen LogP contribution in [-0.4, -0.2) is 32.2 Å². The lowest BCUT2D eigenvalue weighted by molar-refractivity contribution is 0.509. The predicted molar refractivity (Wildman–Crippen MR) is 87.1 cm³/mol. The summed E-state index contributed by atoms with van der Waals surface area (Å²) < 4.78 is 0. The zero-order chi connectivity index (χ0) is 15.1. The number of aromatic amines is 1. The van der Waals surface area contributed by atoms with E-state index in [1.807, 2.05) is 18.4 Å². The fourth-order valence-corrected chi connectivity index (χ4v) is 4.50. The Balaban J connectivity index is 1.77. The van der Waals surface area contributed by atoms with Gasteiger partial charge in [0.05, 0.1) is 11.9 Å².